The molecule has 2 aliphatic rings. The van der Waals surface area contributed by atoms with Gasteiger partial charge in [0.15, 0.2) is 0 Å². The average Bonchev–Trinajstić information content (AvgIpc) is 3.29. The summed E-state index contributed by atoms with van der Waals surface area (Å²) in [5.41, 5.74) is 5.57. The number of hydrogen-bond acceptors (Lipinski definition) is 2. The molecule has 5 rings (SSSR count). The number of aryl methyl sites for hydroxylation is 2. The maximum atomic E-state index is 13.4. The van der Waals surface area contributed by atoms with E-state index in [-0.39, 0.29) is 23.7 Å². The summed E-state index contributed by atoms with van der Waals surface area (Å²) in [5, 5.41) is 4.97. The van der Waals surface area contributed by atoms with Gasteiger partial charge in [-0.25, -0.2) is 0 Å². The Morgan fingerprint density at radius 1 is 0.931 bits per heavy atom. The minimum atomic E-state index is -0.0564. The van der Waals surface area contributed by atoms with Gasteiger partial charge >= 0.3 is 0 Å². The zero-order valence-corrected chi connectivity index (χ0v) is 16.7. The van der Waals surface area contributed by atoms with Gasteiger partial charge in [-0.1, -0.05) is 48.5 Å². The Morgan fingerprint density at radius 2 is 1.62 bits per heavy atom. The van der Waals surface area contributed by atoms with Crippen molar-refractivity contribution in [2.24, 2.45) is 11.8 Å². The van der Waals surface area contributed by atoms with Crippen molar-refractivity contribution in [1.82, 2.24) is 10.2 Å². The van der Waals surface area contributed by atoms with Gasteiger partial charge in [0.1, 0.15) is 0 Å². The number of benzene rings is 3. The highest BCUT2D eigenvalue weighted by Gasteiger charge is 2.43. The summed E-state index contributed by atoms with van der Waals surface area (Å²) in [7, 11) is 0. The number of nitrogens with zero attached hydrogens (tertiary/aromatic N) is 1. The van der Waals surface area contributed by atoms with Crippen molar-refractivity contribution in [3.8, 4) is 11.1 Å². The molecular formula is C25H24N2O2. The molecule has 2 atom stereocenters. The Bertz CT molecular complexity index is 1130. The second kappa shape index (κ2) is 6.73. The van der Waals surface area contributed by atoms with Crippen molar-refractivity contribution in [2.75, 3.05) is 19.6 Å². The highest BCUT2D eigenvalue weighted by molar-refractivity contribution is 6.11. The number of carbonyl (C=O) groups excluding carboxylic acids is 2. The molecule has 0 bridgehead atoms. The van der Waals surface area contributed by atoms with Gasteiger partial charge < -0.3 is 10.2 Å². The van der Waals surface area contributed by atoms with Gasteiger partial charge in [0.25, 0.3) is 5.91 Å². The lowest BCUT2D eigenvalue weighted by atomic mass is 9.90. The third kappa shape index (κ3) is 2.82. The molecule has 0 unspecified atom stereocenters. The SMILES string of the molecule is Cc1cccc(C)c1-c1cccc2c(C(=O)N3C[C@@H]4CNC(=O)[C@@H]4C3)cccc12. The van der Waals surface area contributed by atoms with Crippen molar-refractivity contribution in [1.29, 1.82) is 0 Å². The zero-order valence-electron chi connectivity index (χ0n) is 16.7. The van der Waals surface area contributed by atoms with E-state index in [4.69, 9.17) is 0 Å². The second-order valence-electron chi connectivity index (χ2n) is 8.29. The minimum Gasteiger partial charge on any atom is -0.355 e. The summed E-state index contributed by atoms with van der Waals surface area (Å²) >= 11 is 0. The Morgan fingerprint density at radius 3 is 2.38 bits per heavy atom. The number of amides is 2. The van der Waals surface area contributed by atoms with Gasteiger partial charge in [0, 0.05) is 31.1 Å². The predicted octanol–water partition coefficient (Wildman–Crippen LogP) is 3.94. The molecule has 2 amide bonds. The van der Waals surface area contributed by atoms with Crippen molar-refractivity contribution in [3.63, 3.8) is 0 Å². The molecule has 0 saturated carbocycles. The van der Waals surface area contributed by atoms with Crippen LogP contribution in [0.5, 0.6) is 0 Å². The normalized spacial score (nSPS) is 20.8. The van der Waals surface area contributed by atoms with Gasteiger partial charge in [0.2, 0.25) is 5.91 Å². The molecule has 0 aromatic heterocycles. The summed E-state index contributed by atoms with van der Waals surface area (Å²) in [6, 6.07) is 18.5. The Labute approximate surface area is 170 Å². The first-order chi connectivity index (χ1) is 14.0. The van der Waals surface area contributed by atoms with Crippen LogP contribution in [-0.2, 0) is 4.79 Å². The van der Waals surface area contributed by atoms with Gasteiger partial charge in [-0.2, -0.15) is 0 Å². The van der Waals surface area contributed by atoms with Crippen LogP contribution in [0.25, 0.3) is 21.9 Å². The van der Waals surface area contributed by atoms with E-state index >= 15 is 0 Å². The van der Waals surface area contributed by atoms with Crippen LogP contribution < -0.4 is 5.32 Å². The lowest BCUT2D eigenvalue weighted by Gasteiger charge is -2.19. The molecule has 3 aromatic rings. The van der Waals surface area contributed by atoms with Gasteiger partial charge in [-0.05, 0) is 52.9 Å². The van der Waals surface area contributed by atoms with E-state index in [9.17, 15) is 9.59 Å². The summed E-state index contributed by atoms with van der Waals surface area (Å²) in [4.78, 5) is 27.2. The predicted molar refractivity (Wildman–Crippen MR) is 115 cm³/mol. The van der Waals surface area contributed by atoms with Gasteiger partial charge in [-0.15, -0.1) is 0 Å². The first-order valence-electron chi connectivity index (χ1n) is 10.2. The number of carbonyl (C=O) groups is 2. The van der Waals surface area contributed by atoms with Crippen molar-refractivity contribution >= 4 is 22.6 Å². The highest BCUT2D eigenvalue weighted by atomic mass is 16.2. The molecule has 146 valence electrons. The van der Waals surface area contributed by atoms with Crippen molar-refractivity contribution in [3.05, 3.63) is 71.3 Å². The minimum absolute atomic E-state index is 0.0245. The number of nitrogens with one attached hydrogen (secondary N) is 1. The molecule has 2 aliphatic heterocycles. The standard InChI is InChI=1S/C25H24N2O2/c1-15-6-3-7-16(2)23(15)20-10-4-9-19-18(20)8-5-11-21(19)25(29)27-13-17-12-26-24(28)22(17)14-27/h3-11,17,22H,12-14H2,1-2H3,(H,26,28)/t17-,22+/m0/s1. The lowest BCUT2D eigenvalue weighted by Crippen LogP contribution is -2.33. The fourth-order valence-corrected chi connectivity index (χ4v) is 5.03. The molecule has 0 spiro atoms. The maximum Gasteiger partial charge on any atom is 0.254 e. The Kier molecular flexibility index (Phi) is 4.16. The van der Waals surface area contributed by atoms with Gasteiger partial charge in [-0.3, -0.25) is 9.59 Å². The van der Waals surface area contributed by atoms with E-state index in [0.29, 0.717) is 19.6 Å². The first-order valence-corrected chi connectivity index (χ1v) is 10.2. The number of likely N-dealkylation sites (tertiary alicyclic amines) is 1. The third-order valence-electron chi connectivity index (χ3n) is 6.51. The first kappa shape index (κ1) is 17.9. The smallest absolute Gasteiger partial charge is 0.254 e. The Hall–Kier alpha value is -3.14. The summed E-state index contributed by atoms with van der Waals surface area (Å²) in [5.74, 6) is 0.294. The summed E-state index contributed by atoms with van der Waals surface area (Å²) < 4.78 is 0. The molecule has 0 aliphatic carbocycles. The van der Waals surface area contributed by atoms with E-state index in [0.717, 1.165) is 21.9 Å². The molecule has 2 saturated heterocycles. The van der Waals surface area contributed by atoms with Crippen LogP contribution in [0.15, 0.2) is 54.6 Å². The zero-order chi connectivity index (χ0) is 20.1. The molecular weight excluding hydrogens is 360 g/mol. The molecule has 1 N–H and O–H groups in total. The monoisotopic (exact) mass is 384 g/mol. The quantitative estimate of drug-likeness (QED) is 0.728. The summed E-state index contributed by atoms with van der Waals surface area (Å²) in [6.45, 7) is 6.10. The van der Waals surface area contributed by atoms with Crippen LogP contribution in [0.1, 0.15) is 21.5 Å². The maximum absolute atomic E-state index is 13.4. The van der Waals surface area contributed by atoms with E-state index in [2.05, 4.69) is 49.5 Å². The van der Waals surface area contributed by atoms with Crippen molar-refractivity contribution < 1.29 is 9.59 Å². The van der Waals surface area contributed by atoms with Crippen LogP contribution >= 0.6 is 0 Å². The molecule has 3 aromatic carbocycles. The summed E-state index contributed by atoms with van der Waals surface area (Å²) in [6.07, 6.45) is 0. The average molecular weight is 384 g/mol. The molecule has 0 radical (unpaired) electrons. The van der Waals surface area contributed by atoms with E-state index in [1.807, 2.05) is 29.2 Å². The lowest BCUT2D eigenvalue weighted by molar-refractivity contribution is -0.122. The van der Waals surface area contributed by atoms with Crippen molar-refractivity contribution in [2.45, 2.75) is 13.8 Å². The van der Waals surface area contributed by atoms with Crippen LogP contribution in [0.4, 0.5) is 0 Å². The number of rotatable bonds is 2. The molecule has 2 heterocycles. The molecule has 4 nitrogen and oxygen atoms in total. The van der Waals surface area contributed by atoms with Crippen LogP contribution in [-0.4, -0.2) is 36.3 Å². The largest absolute Gasteiger partial charge is 0.355 e. The highest BCUT2D eigenvalue weighted by Crippen LogP contribution is 2.35. The van der Waals surface area contributed by atoms with E-state index in [1.165, 1.54) is 16.7 Å². The van der Waals surface area contributed by atoms with Crippen LogP contribution in [0.3, 0.4) is 0 Å². The van der Waals surface area contributed by atoms with Crippen LogP contribution in [0, 0.1) is 25.7 Å². The molecule has 4 heteroatoms. The molecule has 2 fully saturated rings. The number of hydrogen-bond donors (Lipinski definition) is 1. The van der Waals surface area contributed by atoms with E-state index in [1.54, 1.807) is 0 Å². The fourth-order valence-electron chi connectivity index (χ4n) is 5.03. The topological polar surface area (TPSA) is 49.4 Å². The van der Waals surface area contributed by atoms with Crippen LogP contribution in [0.2, 0.25) is 0 Å². The number of fused-ring (bicyclic) bond motifs is 2. The van der Waals surface area contributed by atoms with Gasteiger partial charge in [0.05, 0.1) is 5.92 Å². The van der Waals surface area contributed by atoms with E-state index < -0.39 is 0 Å². The second-order valence-corrected chi connectivity index (χ2v) is 8.29. The molecule has 29 heavy (non-hydrogen) atoms. The Balaban J connectivity index is 1.58. The third-order valence-corrected chi connectivity index (χ3v) is 6.51. The fraction of sp³-hybridized carbons (Fsp3) is 0.280.